The summed E-state index contributed by atoms with van der Waals surface area (Å²) in [5, 5.41) is 0.609. The summed E-state index contributed by atoms with van der Waals surface area (Å²) in [6.45, 7) is 0. The molecule has 0 bridgehead atoms. The summed E-state index contributed by atoms with van der Waals surface area (Å²) >= 11 is 1.62. The molecule has 50 valence electrons. The van der Waals surface area contributed by atoms with Crippen molar-refractivity contribution >= 4 is 17.9 Å². The van der Waals surface area contributed by atoms with Gasteiger partial charge in [-0.15, -0.1) is 0 Å². The van der Waals surface area contributed by atoms with Crippen LogP contribution in [0, 0.1) is 5.92 Å². The maximum atomic E-state index is 10.9. The first-order valence-electron chi connectivity index (χ1n) is 3.33. The first kappa shape index (κ1) is 5.59. The molecule has 1 saturated heterocycles. The molecule has 1 saturated carbocycles. The molecule has 2 unspecified atom stereocenters. The fourth-order valence-corrected chi connectivity index (χ4v) is 2.70. The second-order valence-corrected chi connectivity index (χ2v) is 3.71. The number of amides is 1. The Balaban J connectivity index is 2.15. The number of rotatable bonds is 0. The average molecular weight is 143 g/mol. The van der Waals surface area contributed by atoms with Crippen LogP contribution in [0.25, 0.3) is 0 Å². The fourth-order valence-electron chi connectivity index (χ4n) is 1.58. The molecule has 2 aliphatic rings. The molecular weight excluding hydrogens is 134 g/mol. The molecule has 2 atom stereocenters. The topological polar surface area (TPSA) is 29.1 Å². The second-order valence-electron chi connectivity index (χ2n) is 2.66. The van der Waals surface area contributed by atoms with Gasteiger partial charge in [-0.25, -0.2) is 0 Å². The zero-order chi connectivity index (χ0) is 6.27. The first-order chi connectivity index (χ1) is 4.38. The summed E-state index contributed by atoms with van der Waals surface area (Å²) in [4.78, 5) is 10.9. The summed E-state index contributed by atoms with van der Waals surface area (Å²) in [5.41, 5.74) is 0. The third-order valence-corrected chi connectivity index (χ3v) is 3.29. The number of nitrogens with one attached hydrogen (secondary N) is 1. The van der Waals surface area contributed by atoms with Crippen LogP contribution in [0.3, 0.4) is 0 Å². The molecule has 2 nitrogen and oxygen atoms in total. The number of hydrogen-bond acceptors (Lipinski definition) is 2. The van der Waals surface area contributed by atoms with Gasteiger partial charge in [0.05, 0.1) is 5.92 Å². The van der Waals surface area contributed by atoms with E-state index >= 15 is 0 Å². The molecule has 1 heterocycles. The van der Waals surface area contributed by atoms with E-state index in [4.69, 9.17) is 0 Å². The van der Waals surface area contributed by atoms with Crippen LogP contribution in [0.1, 0.15) is 19.3 Å². The smallest absolute Gasteiger partial charge is 0.234 e. The van der Waals surface area contributed by atoms with Crippen molar-refractivity contribution < 1.29 is 4.79 Å². The summed E-state index contributed by atoms with van der Waals surface area (Å²) in [5.74, 6) is 0.623. The predicted octanol–water partition coefficient (Wildman–Crippen LogP) is 0.933. The Kier molecular flexibility index (Phi) is 1.18. The minimum atomic E-state index is 0.266. The van der Waals surface area contributed by atoms with Crippen LogP contribution >= 0.6 is 11.9 Å². The van der Waals surface area contributed by atoms with E-state index in [1.165, 1.54) is 12.8 Å². The van der Waals surface area contributed by atoms with Crippen LogP contribution in [-0.2, 0) is 4.79 Å². The Morgan fingerprint density at radius 1 is 1.56 bits per heavy atom. The third-order valence-electron chi connectivity index (χ3n) is 2.10. The van der Waals surface area contributed by atoms with E-state index in [9.17, 15) is 4.79 Å². The first-order valence-corrected chi connectivity index (χ1v) is 4.21. The lowest BCUT2D eigenvalue weighted by atomic mass is 10.1. The van der Waals surface area contributed by atoms with Crippen molar-refractivity contribution in [3.63, 3.8) is 0 Å². The monoisotopic (exact) mass is 143 g/mol. The highest BCUT2D eigenvalue weighted by molar-refractivity contribution is 7.99. The van der Waals surface area contributed by atoms with E-state index in [-0.39, 0.29) is 5.91 Å². The molecule has 1 aliphatic carbocycles. The normalized spacial score (nSPS) is 40.7. The Labute approximate surface area is 58.5 Å². The van der Waals surface area contributed by atoms with E-state index in [1.807, 2.05) is 0 Å². The maximum Gasteiger partial charge on any atom is 0.234 e. The molecule has 1 N–H and O–H groups in total. The summed E-state index contributed by atoms with van der Waals surface area (Å²) in [6.07, 6.45) is 3.59. The molecule has 0 spiro atoms. The third kappa shape index (κ3) is 0.748. The van der Waals surface area contributed by atoms with Crippen LogP contribution in [-0.4, -0.2) is 11.2 Å². The van der Waals surface area contributed by atoms with Gasteiger partial charge in [-0.05, 0) is 24.8 Å². The van der Waals surface area contributed by atoms with Gasteiger partial charge >= 0.3 is 0 Å². The average Bonchev–Trinajstić information content (AvgIpc) is 2.35. The molecule has 9 heavy (non-hydrogen) atoms. The lowest BCUT2D eigenvalue weighted by molar-refractivity contribution is -0.121. The highest BCUT2D eigenvalue weighted by atomic mass is 32.2. The van der Waals surface area contributed by atoms with Crippen molar-refractivity contribution in [1.29, 1.82) is 0 Å². The van der Waals surface area contributed by atoms with E-state index in [1.54, 1.807) is 11.9 Å². The number of fused-ring (bicyclic) bond motifs is 1. The molecule has 2 rings (SSSR count). The van der Waals surface area contributed by atoms with Crippen molar-refractivity contribution in [1.82, 2.24) is 4.72 Å². The summed E-state index contributed by atoms with van der Waals surface area (Å²) < 4.78 is 2.80. The Bertz CT molecular complexity index is 148. The molecule has 1 aliphatic heterocycles. The number of hydrogen-bond donors (Lipinski definition) is 1. The minimum absolute atomic E-state index is 0.266. The van der Waals surface area contributed by atoms with Crippen LogP contribution in [0.4, 0.5) is 0 Å². The standard InChI is InChI=1S/C6H9NOS/c8-6-4-2-1-3-5(4)9-7-6/h4-5H,1-3H2,(H,7,8). The molecule has 0 aromatic carbocycles. The summed E-state index contributed by atoms with van der Waals surface area (Å²) in [6, 6.07) is 0. The summed E-state index contributed by atoms with van der Waals surface area (Å²) in [7, 11) is 0. The van der Waals surface area contributed by atoms with Crippen LogP contribution < -0.4 is 4.72 Å². The van der Waals surface area contributed by atoms with Crippen LogP contribution in [0.2, 0.25) is 0 Å². The second kappa shape index (κ2) is 1.90. The molecule has 0 aromatic heterocycles. The zero-order valence-corrected chi connectivity index (χ0v) is 5.91. The van der Waals surface area contributed by atoms with Gasteiger partial charge in [-0.3, -0.25) is 9.52 Å². The van der Waals surface area contributed by atoms with Gasteiger partial charge in [0, 0.05) is 5.25 Å². The lowest BCUT2D eigenvalue weighted by Gasteiger charge is -1.99. The molecule has 0 aromatic rings. The number of carbonyl (C=O) groups is 1. The highest BCUT2D eigenvalue weighted by Crippen LogP contribution is 2.38. The minimum Gasteiger partial charge on any atom is -0.300 e. The van der Waals surface area contributed by atoms with Gasteiger partial charge < -0.3 is 0 Å². The zero-order valence-electron chi connectivity index (χ0n) is 5.09. The van der Waals surface area contributed by atoms with Crippen molar-refractivity contribution in [2.24, 2.45) is 5.92 Å². The molecule has 3 heteroatoms. The van der Waals surface area contributed by atoms with Gasteiger partial charge in [0.15, 0.2) is 0 Å². The van der Waals surface area contributed by atoms with E-state index in [0.717, 1.165) is 6.42 Å². The molecule has 2 fully saturated rings. The van der Waals surface area contributed by atoms with Crippen molar-refractivity contribution in [3.05, 3.63) is 0 Å². The SMILES string of the molecule is O=C1NSC2CCCC12. The Hall–Kier alpha value is -0.180. The predicted molar refractivity (Wildman–Crippen MR) is 36.9 cm³/mol. The van der Waals surface area contributed by atoms with E-state index in [0.29, 0.717) is 11.2 Å². The fraction of sp³-hybridized carbons (Fsp3) is 0.833. The largest absolute Gasteiger partial charge is 0.300 e. The molecule has 0 radical (unpaired) electrons. The van der Waals surface area contributed by atoms with Crippen LogP contribution in [0.5, 0.6) is 0 Å². The quantitative estimate of drug-likeness (QED) is 0.511. The van der Waals surface area contributed by atoms with Crippen molar-refractivity contribution in [2.75, 3.05) is 0 Å². The van der Waals surface area contributed by atoms with Gasteiger partial charge in [-0.2, -0.15) is 0 Å². The van der Waals surface area contributed by atoms with Crippen molar-refractivity contribution in [3.8, 4) is 0 Å². The Morgan fingerprint density at radius 2 is 2.44 bits per heavy atom. The van der Waals surface area contributed by atoms with Gasteiger partial charge in [0.2, 0.25) is 5.91 Å². The highest BCUT2D eigenvalue weighted by Gasteiger charge is 2.38. The van der Waals surface area contributed by atoms with Gasteiger partial charge in [0.1, 0.15) is 0 Å². The van der Waals surface area contributed by atoms with E-state index < -0.39 is 0 Å². The molecular formula is C6H9NOS. The Morgan fingerprint density at radius 3 is 3.22 bits per heavy atom. The lowest BCUT2D eigenvalue weighted by Crippen LogP contribution is -2.16. The van der Waals surface area contributed by atoms with Gasteiger partial charge in [-0.1, -0.05) is 6.42 Å². The van der Waals surface area contributed by atoms with E-state index in [2.05, 4.69) is 4.72 Å². The van der Waals surface area contributed by atoms with Crippen LogP contribution in [0.15, 0.2) is 0 Å². The number of carbonyl (C=O) groups excluding carboxylic acids is 1. The molecule has 1 amide bonds. The van der Waals surface area contributed by atoms with Crippen molar-refractivity contribution in [2.45, 2.75) is 24.5 Å². The maximum absolute atomic E-state index is 10.9. The van der Waals surface area contributed by atoms with Gasteiger partial charge in [0.25, 0.3) is 0 Å².